The van der Waals surface area contributed by atoms with Gasteiger partial charge in [-0.05, 0) is 38.5 Å². The van der Waals surface area contributed by atoms with Crippen LogP contribution < -0.4 is 5.32 Å². The van der Waals surface area contributed by atoms with E-state index < -0.39 is 0 Å². The highest BCUT2D eigenvalue weighted by Gasteiger charge is 2.27. The molecule has 1 saturated heterocycles. The second-order valence-corrected chi connectivity index (χ2v) is 7.17. The van der Waals surface area contributed by atoms with Gasteiger partial charge in [-0.1, -0.05) is 26.7 Å². The Balaban J connectivity index is 1.74. The fourth-order valence-electron chi connectivity index (χ4n) is 3.72. The molecule has 2 aliphatic rings. The van der Waals surface area contributed by atoms with Gasteiger partial charge in [0.1, 0.15) is 0 Å². The third-order valence-corrected chi connectivity index (χ3v) is 4.77. The number of rotatable bonds is 8. The summed E-state index contributed by atoms with van der Waals surface area (Å²) in [6.07, 6.45) is 8.60. The monoisotopic (exact) mass is 282 g/mol. The van der Waals surface area contributed by atoms with Crippen LogP contribution in [0.1, 0.15) is 59.3 Å². The van der Waals surface area contributed by atoms with Gasteiger partial charge in [-0.15, -0.1) is 0 Å². The van der Waals surface area contributed by atoms with Crippen LogP contribution in [0, 0.1) is 5.92 Å². The van der Waals surface area contributed by atoms with Crippen molar-refractivity contribution in [1.82, 2.24) is 10.2 Å². The molecule has 3 heteroatoms. The third-order valence-electron chi connectivity index (χ3n) is 4.77. The summed E-state index contributed by atoms with van der Waals surface area (Å²) in [4.78, 5) is 2.76. The van der Waals surface area contributed by atoms with Crippen molar-refractivity contribution in [2.45, 2.75) is 77.5 Å². The molecule has 0 aromatic heterocycles. The molecular weight excluding hydrogens is 248 g/mol. The molecule has 2 rings (SSSR count). The lowest BCUT2D eigenvalue weighted by Gasteiger charge is -2.36. The lowest BCUT2D eigenvalue weighted by Crippen LogP contribution is -2.47. The standard InChI is InChI=1S/C17H34N2O/c1-14(2)13-19(16-7-4-5-8-16)15(3)11-18-12-17-9-6-10-20-17/h14-18H,4-13H2,1-3H3. The zero-order valence-corrected chi connectivity index (χ0v) is 13.7. The minimum absolute atomic E-state index is 0.465. The molecule has 20 heavy (non-hydrogen) atoms. The van der Waals surface area contributed by atoms with Crippen LogP contribution >= 0.6 is 0 Å². The van der Waals surface area contributed by atoms with Gasteiger partial charge in [0.15, 0.2) is 0 Å². The SMILES string of the molecule is CC(C)CN(C(C)CNCC1CCCO1)C1CCCC1. The molecule has 1 aliphatic heterocycles. The van der Waals surface area contributed by atoms with Gasteiger partial charge in [0.2, 0.25) is 0 Å². The number of nitrogens with one attached hydrogen (secondary N) is 1. The Kier molecular flexibility index (Phi) is 6.79. The van der Waals surface area contributed by atoms with Crippen molar-refractivity contribution in [2.75, 3.05) is 26.2 Å². The quantitative estimate of drug-likeness (QED) is 0.740. The van der Waals surface area contributed by atoms with E-state index in [2.05, 4.69) is 31.0 Å². The lowest BCUT2D eigenvalue weighted by molar-refractivity contribution is 0.0993. The van der Waals surface area contributed by atoms with E-state index in [0.717, 1.165) is 31.7 Å². The predicted octanol–water partition coefficient (Wildman–Crippen LogP) is 3.04. The van der Waals surface area contributed by atoms with Crippen molar-refractivity contribution in [3.63, 3.8) is 0 Å². The minimum Gasteiger partial charge on any atom is -0.377 e. The Morgan fingerprint density at radius 3 is 2.45 bits per heavy atom. The molecule has 0 amide bonds. The Labute approximate surface area is 125 Å². The van der Waals surface area contributed by atoms with Crippen LogP contribution in [0.15, 0.2) is 0 Å². The van der Waals surface area contributed by atoms with Gasteiger partial charge in [0.05, 0.1) is 6.10 Å². The van der Waals surface area contributed by atoms with Crippen LogP contribution in [-0.4, -0.2) is 49.3 Å². The van der Waals surface area contributed by atoms with E-state index in [-0.39, 0.29) is 0 Å². The van der Waals surface area contributed by atoms with Crippen molar-refractivity contribution < 1.29 is 4.74 Å². The zero-order valence-electron chi connectivity index (χ0n) is 13.7. The number of ether oxygens (including phenoxy) is 1. The summed E-state index contributed by atoms with van der Waals surface area (Å²) >= 11 is 0. The van der Waals surface area contributed by atoms with Gasteiger partial charge < -0.3 is 10.1 Å². The van der Waals surface area contributed by atoms with Crippen LogP contribution in [0.25, 0.3) is 0 Å². The van der Waals surface area contributed by atoms with E-state index in [1.165, 1.54) is 45.1 Å². The van der Waals surface area contributed by atoms with Gasteiger partial charge in [0, 0.05) is 38.3 Å². The van der Waals surface area contributed by atoms with Crippen LogP contribution in [0.2, 0.25) is 0 Å². The van der Waals surface area contributed by atoms with Crippen molar-refractivity contribution in [2.24, 2.45) is 5.92 Å². The van der Waals surface area contributed by atoms with Crippen LogP contribution in [0.5, 0.6) is 0 Å². The third kappa shape index (κ3) is 5.01. The molecule has 118 valence electrons. The second-order valence-electron chi connectivity index (χ2n) is 7.17. The number of hydrogen-bond donors (Lipinski definition) is 1. The van der Waals surface area contributed by atoms with Gasteiger partial charge >= 0.3 is 0 Å². The van der Waals surface area contributed by atoms with E-state index in [1.807, 2.05) is 0 Å². The Morgan fingerprint density at radius 2 is 1.85 bits per heavy atom. The first-order valence-electron chi connectivity index (χ1n) is 8.75. The summed E-state index contributed by atoms with van der Waals surface area (Å²) in [5.74, 6) is 0.760. The van der Waals surface area contributed by atoms with Crippen LogP contribution in [0.4, 0.5) is 0 Å². The Bertz CT molecular complexity index is 258. The first-order valence-corrected chi connectivity index (χ1v) is 8.75. The smallest absolute Gasteiger partial charge is 0.0700 e. The maximum absolute atomic E-state index is 5.68. The summed E-state index contributed by atoms with van der Waals surface area (Å²) < 4.78 is 5.68. The van der Waals surface area contributed by atoms with Gasteiger partial charge in [-0.25, -0.2) is 0 Å². The van der Waals surface area contributed by atoms with Crippen molar-refractivity contribution in [1.29, 1.82) is 0 Å². The second kappa shape index (κ2) is 8.35. The maximum atomic E-state index is 5.68. The van der Waals surface area contributed by atoms with Crippen LogP contribution in [-0.2, 0) is 4.74 Å². The fraction of sp³-hybridized carbons (Fsp3) is 1.00. The normalized spacial score (nSPS) is 25.9. The highest BCUT2D eigenvalue weighted by atomic mass is 16.5. The lowest BCUT2D eigenvalue weighted by atomic mass is 10.1. The van der Waals surface area contributed by atoms with Gasteiger partial charge in [0.25, 0.3) is 0 Å². The Hall–Kier alpha value is -0.120. The van der Waals surface area contributed by atoms with Gasteiger partial charge in [-0.2, -0.15) is 0 Å². The van der Waals surface area contributed by atoms with E-state index >= 15 is 0 Å². The summed E-state index contributed by atoms with van der Waals surface area (Å²) in [5, 5.41) is 3.64. The first-order chi connectivity index (χ1) is 9.66. The van der Waals surface area contributed by atoms with E-state index in [4.69, 9.17) is 4.74 Å². The molecule has 2 atom stereocenters. The average molecular weight is 282 g/mol. The summed E-state index contributed by atoms with van der Waals surface area (Å²) in [6, 6.07) is 1.47. The molecule has 1 heterocycles. The topological polar surface area (TPSA) is 24.5 Å². The molecule has 1 saturated carbocycles. The fourth-order valence-corrected chi connectivity index (χ4v) is 3.72. The molecule has 2 fully saturated rings. The molecular formula is C17H34N2O. The zero-order chi connectivity index (χ0) is 14.4. The van der Waals surface area contributed by atoms with Crippen molar-refractivity contribution >= 4 is 0 Å². The number of hydrogen-bond acceptors (Lipinski definition) is 3. The highest BCUT2D eigenvalue weighted by Crippen LogP contribution is 2.25. The molecule has 0 spiro atoms. The van der Waals surface area contributed by atoms with Crippen LogP contribution in [0.3, 0.4) is 0 Å². The molecule has 2 unspecified atom stereocenters. The maximum Gasteiger partial charge on any atom is 0.0700 e. The van der Waals surface area contributed by atoms with Crippen molar-refractivity contribution in [3.8, 4) is 0 Å². The van der Waals surface area contributed by atoms with E-state index in [0.29, 0.717) is 12.1 Å². The molecule has 0 bridgehead atoms. The first kappa shape index (κ1) is 16.3. The predicted molar refractivity (Wildman–Crippen MR) is 85.1 cm³/mol. The van der Waals surface area contributed by atoms with E-state index in [9.17, 15) is 0 Å². The van der Waals surface area contributed by atoms with E-state index in [1.54, 1.807) is 0 Å². The summed E-state index contributed by atoms with van der Waals surface area (Å²) in [7, 11) is 0. The molecule has 0 radical (unpaired) electrons. The molecule has 1 N–H and O–H groups in total. The highest BCUT2D eigenvalue weighted by molar-refractivity contribution is 4.83. The summed E-state index contributed by atoms with van der Waals surface area (Å²) in [6.45, 7) is 11.4. The molecule has 0 aromatic rings. The minimum atomic E-state index is 0.465. The molecule has 1 aliphatic carbocycles. The average Bonchev–Trinajstić information content (AvgIpc) is 3.08. The largest absolute Gasteiger partial charge is 0.377 e. The molecule has 3 nitrogen and oxygen atoms in total. The summed E-state index contributed by atoms with van der Waals surface area (Å²) in [5.41, 5.74) is 0. The molecule has 0 aromatic carbocycles. The van der Waals surface area contributed by atoms with Gasteiger partial charge in [-0.3, -0.25) is 4.90 Å². The number of nitrogens with zero attached hydrogens (tertiary/aromatic N) is 1. The Morgan fingerprint density at radius 1 is 1.10 bits per heavy atom. The van der Waals surface area contributed by atoms with Crippen molar-refractivity contribution in [3.05, 3.63) is 0 Å².